The van der Waals surface area contributed by atoms with Gasteiger partial charge in [-0.15, -0.1) is 11.8 Å². The molecule has 3 atom stereocenters. The van der Waals surface area contributed by atoms with Crippen molar-refractivity contribution in [2.45, 2.75) is 35.8 Å². The van der Waals surface area contributed by atoms with Crippen LogP contribution in [0, 0.1) is 5.92 Å². The lowest BCUT2D eigenvalue weighted by molar-refractivity contribution is -0.154. The van der Waals surface area contributed by atoms with Crippen molar-refractivity contribution in [2.24, 2.45) is 5.92 Å². The van der Waals surface area contributed by atoms with Gasteiger partial charge in [0.15, 0.2) is 6.10 Å². The van der Waals surface area contributed by atoms with Gasteiger partial charge >= 0.3 is 5.97 Å². The lowest BCUT2D eigenvalue weighted by Gasteiger charge is -2.50. The third-order valence-electron chi connectivity index (χ3n) is 10.1. The molecule has 50 heavy (non-hydrogen) atoms. The first kappa shape index (κ1) is 31.8. The van der Waals surface area contributed by atoms with E-state index < -0.39 is 23.5 Å². The maximum Gasteiger partial charge on any atom is 0.356 e. The summed E-state index contributed by atoms with van der Waals surface area (Å²) >= 11 is 1.60. The van der Waals surface area contributed by atoms with Crippen molar-refractivity contribution in [1.29, 1.82) is 0 Å². The van der Waals surface area contributed by atoms with Crippen LogP contribution in [0.3, 0.4) is 0 Å². The fraction of sp³-hybridized carbons (Fsp3) is 0.186. The Morgan fingerprint density at radius 1 is 0.740 bits per heavy atom. The van der Waals surface area contributed by atoms with Gasteiger partial charge < -0.3 is 10.1 Å². The number of benzene rings is 5. The van der Waals surface area contributed by atoms with Gasteiger partial charge in [0.25, 0.3) is 5.91 Å². The molecule has 0 spiro atoms. The molecule has 5 aromatic carbocycles. The van der Waals surface area contributed by atoms with Crippen LogP contribution in [0.5, 0.6) is 0 Å². The van der Waals surface area contributed by atoms with Crippen molar-refractivity contribution >= 4 is 29.5 Å². The normalized spacial score (nSPS) is 20.5. The number of nitrogens with one attached hydrogen (secondary N) is 1. The van der Waals surface area contributed by atoms with E-state index in [1.165, 1.54) is 11.1 Å². The summed E-state index contributed by atoms with van der Waals surface area (Å²) in [6.07, 6.45) is 0.307. The molecule has 7 heteroatoms. The van der Waals surface area contributed by atoms with Gasteiger partial charge in [0.05, 0.1) is 6.42 Å². The number of hydrogen-bond acceptors (Lipinski definition) is 5. The van der Waals surface area contributed by atoms with Crippen molar-refractivity contribution in [1.82, 2.24) is 10.2 Å². The number of fused-ring (bicyclic) bond motifs is 1. The van der Waals surface area contributed by atoms with E-state index in [4.69, 9.17) is 4.74 Å². The standard InChI is InChI=1S/C43H36N2O4S/c46-36(26-29-16-6-1-7-17-29)44-37-40(47)45-38(42(48)49-39(30-18-8-2-9-19-30)31-20-10-3-11-21-31)34(28-50-41(37)45)35-27-43(35,32-22-12-4-13-23-32)33-24-14-5-15-25-33/h1-25,35,37,39,41H,26-28H2,(H,44,46)/t35-,37-,41-/m1/s1. The molecule has 6 nitrogen and oxygen atoms in total. The summed E-state index contributed by atoms with van der Waals surface area (Å²) in [7, 11) is 0. The molecule has 5 aromatic rings. The molecular formula is C43H36N2O4S. The average molecular weight is 677 g/mol. The monoisotopic (exact) mass is 676 g/mol. The van der Waals surface area contributed by atoms with Gasteiger partial charge in [0.1, 0.15) is 17.1 Å². The molecule has 2 amide bonds. The molecule has 0 bridgehead atoms. The number of esters is 1. The molecule has 1 aliphatic carbocycles. The van der Waals surface area contributed by atoms with E-state index in [9.17, 15) is 14.4 Å². The van der Waals surface area contributed by atoms with Crippen LogP contribution in [0.2, 0.25) is 0 Å². The van der Waals surface area contributed by atoms with Crippen LogP contribution in [0.1, 0.15) is 40.3 Å². The number of amides is 2. The van der Waals surface area contributed by atoms with Crippen LogP contribution in [0.15, 0.2) is 163 Å². The number of nitrogens with zero attached hydrogens (tertiary/aromatic N) is 1. The second kappa shape index (κ2) is 13.5. The Balaban J connectivity index is 1.17. The summed E-state index contributed by atoms with van der Waals surface area (Å²) in [6, 6.07) is 49.0. The van der Waals surface area contributed by atoms with Gasteiger partial charge in [-0.3, -0.25) is 14.5 Å². The summed E-state index contributed by atoms with van der Waals surface area (Å²) < 4.78 is 6.46. The molecule has 1 saturated heterocycles. The Bertz CT molecular complexity index is 1960. The summed E-state index contributed by atoms with van der Waals surface area (Å²) in [5.41, 5.74) is 5.78. The molecule has 3 aliphatic rings. The Hall–Kier alpha value is -5.40. The van der Waals surface area contributed by atoms with Crippen molar-refractivity contribution in [3.05, 3.63) is 191 Å². The lowest BCUT2D eigenvalue weighted by atomic mass is 9.83. The summed E-state index contributed by atoms with van der Waals surface area (Å²) in [5.74, 6) is -0.537. The molecule has 0 aromatic heterocycles. The van der Waals surface area contributed by atoms with Crippen molar-refractivity contribution in [3.63, 3.8) is 0 Å². The maximum absolute atomic E-state index is 14.7. The topological polar surface area (TPSA) is 75.7 Å². The van der Waals surface area contributed by atoms with Crippen molar-refractivity contribution in [3.8, 4) is 0 Å². The van der Waals surface area contributed by atoms with Crippen molar-refractivity contribution < 1.29 is 19.1 Å². The largest absolute Gasteiger partial charge is 0.448 e. The van der Waals surface area contributed by atoms with E-state index in [1.807, 2.05) is 103 Å². The first-order valence-corrected chi connectivity index (χ1v) is 18.0. The van der Waals surface area contributed by atoms with E-state index in [0.717, 1.165) is 28.7 Å². The van der Waals surface area contributed by atoms with Crippen LogP contribution >= 0.6 is 11.8 Å². The van der Waals surface area contributed by atoms with Crippen LogP contribution in [-0.4, -0.2) is 39.9 Å². The summed E-state index contributed by atoms with van der Waals surface area (Å²) in [5, 5.41) is 2.55. The second-order valence-electron chi connectivity index (χ2n) is 13.1. The third-order valence-corrected chi connectivity index (χ3v) is 11.4. The van der Waals surface area contributed by atoms with Crippen LogP contribution in [0.25, 0.3) is 0 Å². The number of β-lactam (4-membered cyclic amide) rings is 1. The lowest BCUT2D eigenvalue weighted by Crippen LogP contribution is -2.70. The van der Waals surface area contributed by atoms with Crippen LogP contribution in [0.4, 0.5) is 0 Å². The number of hydrogen-bond donors (Lipinski definition) is 1. The first-order chi connectivity index (χ1) is 24.5. The molecule has 2 fully saturated rings. The molecule has 1 saturated carbocycles. The minimum atomic E-state index is -0.730. The minimum absolute atomic E-state index is 0.0188. The van der Waals surface area contributed by atoms with E-state index >= 15 is 0 Å². The molecule has 2 heterocycles. The van der Waals surface area contributed by atoms with Gasteiger partial charge in [-0.05, 0) is 45.7 Å². The highest BCUT2D eigenvalue weighted by Gasteiger charge is 2.62. The molecule has 0 unspecified atom stereocenters. The Morgan fingerprint density at radius 3 is 1.78 bits per heavy atom. The van der Waals surface area contributed by atoms with E-state index in [-0.39, 0.29) is 29.6 Å². The zero-order valence-corrected chi connectivity index (χ0v) is 28.2. The number of carbonyl (C=O) groups is 3. The molecule has 1 N–H and O–H groups in total. The fourth-order valence-electron chi connectivity index (χ4n) is 7.61. The highest BCUT2D eigenvalue weighted by molar-refractivity contribution is 8.00. The van der Waals surface area contributed by atoms with Crippen molar-refractivity contribution in [2.75, 3.05) is 5.75 Å². The van der Waals surface area contributed by atoms with Crippen LogP contribution < -0.4 is 5.32 Å². The smallest absolute Gasteiger partial charge is 0.356 e. The second-order valence-corrected chi connectivity index (χ2v) is 14.2. The highest BCUT2D eigenvalue weighted by Crippen LogP contribution is 2.64. The average Bonchev–Trinajstić information content (AvgIpc) is 3.94. The van der Waals surface area contributed by atoms with Crippen LogP contribution in [-0.2, 0) is 31.0 Å². The minimum Gasteiger partial charge on any atom is -0.448 e. The molecule has 0 radical (unpaired) electrons. The van der Waals surface area contributed by atoms with Gasteiger partial charge in [-0.2, -0.15) is 0 Å². The summed E-state index contributed by atoms with van der Waals surface area (Å²) in [4.78, 5) is 43.5. The van der Waals surface area contributed by atoms with E-state index in [0.29, 0.717) is 11.4 Å². The highest BCUT2D eigenvalue weighted by atomic mass is 32.2. The van der Waals surface area contributed by atoms with E-state index in [1.54, 1.807) is 16.7 Å². The third kappa shape index (κ3) is 5.81. The zero-order chi connectivity index (χ0) is 34.1. The van der Waals surface area contributed by atoms with E-state index in [2.05, 4.69) is 53.8 Å². The fourth-order valence-corrected chi connectivity index (χ4v) is 9.03. The van der Waals surface area contributed by atoms with Gasteiger partial charge in [0.2, 0.25) is 5.91 Å². The molecule has 2 aliphatic heterocycles. The summed E-state index contributed by atoms with van der Waals surface area (Å²) in [6.45, 7) is 0. The molecule has 8 rings (SSSR count). The first-order valence-electron chi connectivity index (χ1n) is 17.0. The molecular weight excluding hydrogens is 641 g/mol. The number of carbonyl (C=O) groups excluding carboxylic acids is 3. The SMILES string of the molecule is O=C(Cc1ccccc1)N[C@@H]1C(=O)N2C(C(=O)OC(c3ccccc3)c3ccccc3)=C([C@H]3CC3(c3ccccc3)c3ccccc3)CS[C@H]12. The predicted molar refractivity (Wildman–Crippen MR) is 195 cm³/mol. The Kier molecular flexibility index (Phi) is 8.59. The predicted octanol–water partition coefficient (Wildman–Crippen LogP) is 7.22. The number of ether oxygens (including phenoxy) is 1. The zero-order valence-electron chi connectivity index (χ0n) is 27.4. The quantitative estimate of drug-likeness (QED) is 0.125. The Morgan fingerprint density at radius 2 is 1.24 bits per heavy atom. The van der Waals surface area contributed by atoms with Gasteiger partial charge in [0, 0.05) is 11.2 Å². The van der Waals surface area contributed by atoms with Gasteiger partial charge in [-0.1, -0.05) is 152 Å². The number of rotatable bonds is 10. The maximum atomic E-state index is 14.7. The van der Waals surface area contributed by atoms with Gasteiger partial charge in [-0.25, -0.2) is 4.79 Å². The molecule has 248 valence electrons. The number of thioether (sulfide) groups is 1. The Labute approximate surface area is 296 Å².